The molecule has 1 aliphatic heterocycles. The highest BCUT2D eigenvalue weighted by atomic mass is 35.5. The van der Waals surface area contributed by atoms with E-state index in [1.165, 1.54) is 0 Å². The van der Waals surface area contributed by atoms with E-state index in [4.69, 9.17) is 20.5 Å². The second-order valence-electron chi connectivity index (χ2n) is 7.70. The van der Waals surface area contributed by atoms with E-state index >= 15 is 0 Å². The molecule has 1 atom stereocenters. The molecular formula is C24H23ClO4S. The predicted octanol–water partition coefficient (Wildman–Crippen LogP) is 5.64. The molecule has 6 heteroatoms. The first-order valence-electron chi connectivity index (χ1n) is 9.76. The molecule has 1 unspecified atom stereocenters. The molecule has 1 heterocycles. The maximum Gasteiger partial charge on any atom is 0.297 e. The van der Waals surface area contributed by atoms with Crippen molar-refractivity contribution < 1.29 is 17.3 Å². The lowest BCUT2D eigenvalue weighted by molar-refractivity contribution is 0.152. The highest BCUT2D eigenvalue weighted by Crippen LogP contribution is 2.43. The summed E-state index contributed by atoms with van der Waals surface area (Å²) < 4.78 is 36.5. The van der Waals surface area contributed by atoms with Gasteiger partial charge in [-0.15, -0.1) is 0 Å². The highest BCUT2D eigenvalue weighted by molar-refractivity contribution is 7.86. The second kappa shape index (κ2) is 8.06. The van der Waals surface area contributed by atoms with Crippen LogP contribution in [-0.4, -0.2) is 21.1 Å². The normalized spacial score (nSPS) is 15.7. The van der Waals surface area contributed by atoms with Crippen molar-refractivity contribution in [3.8, 4) is 16.9 Å². The average molecular weight is 443 g/mol. The summed E-state index contributed by atoms with van der Waals surface area (Å²) in [6, 6.07) is 16.5. The third-order valence-electron chi connectivity index (χ3n) is 5.33. The molecule has 30 heavy (non-hydrogen) atoms. The van der Waals surface area contributed by atoms with Gasteiger partial charge in [-0.2, -0.15) is 8.42 Å². The minimum absolute atomic E-state index is 0.0608. The monoisotopic (exact) mass is 442 g/mol. The molecule has 0 radical (unpaired) electrons. The molecule has 0 aromatic heterocycles. The maximum absolute atomic E-state index is 12.5. The quantitative estimate of drug-likeness (QED) is 0.480. The van der Waals surface area contributed by atoms with Gasteiger partial charge < -0.3 is 4.74 Å². The highest BCUT2D eigenvalue weighted by Gasteiger charge is 2.29. The molecule has 0 fully saturated rings. The van der Waals surface area contributed by atoms with Crippen molar-refractivity contribution >= 4 is 21.7 Å². The fraction of sp³-hybridized carbons (Fsp3) is 0.250. The van der Waals surface area contributed by atoms with Crippen molar-refractivity contribution in [2.24, 2.45) is 0 Å². The van der Waals surface area contributed by atoms with Gasteiger partial charge in [-0.05, 0) is 61.7 Å². The molecule has 0 spiro atoms. The summed E-state index contributed by atoms with van der Waals surface area (Å²) in [5.74, 6) is 0.748. The molecule has 4 rings (SSSR count). The van der Waals surface area contributed by atoms with Crippen LogP contribution in [0.5, 0.6) is 5.75 Å². The first-order valence-corrected chi connectivity index (χ1v) is 11.5. The van der Waals surface area contributed by atoms with Crippen LogP contribution in [0.25, 0.3) is 11.1 Å². The van der Waals surface area contributed by atoms with Crippen molar-refractivity contribution in [2.45, 2.75) is 38.2 Å². The zero-order valence-corrected chi connectivity index (χ0v) is 18.7. The predicted molar refractivity (Wildman–Crippen MR) is 119 cm³/mol. The molecule has 3 aromatic carbocycles. The summed E-state index contributed by atoms with van der Waals surface area (Å²) in [5, 5.41) is 0.629. The van der Waals surface area contributed by atoms with Crippen LogP contribution in [0.15, 0.2) is 59.5 Å². The Labute approximate surface area is 182 Å². The van der Waals surface area contributed by atoms with Gasteiger partial charge in [0.15, 0.2) is 0 Å². The van der Waals surface area contributed by atoms with Gasteiger partial charge in [0, 0.05) is 22.6 Å². The number of halogens is 1. The Morgan fingerprint density at radius 1 is 1.03 bits per heavy atom. The topological polar surface area (TPSA) is 52.6 Å². The zero-order chi connectivity index (χ0) is 21.5. The van der Waals surface area contributed by atoms with Crippen LogP contribution in [0.1, 0.15) is 22.3 Å². The van der Waals surface area contributed by atoms with Crippen LogP contribution in [0, 0.1) is 20.8 Å². The number of benzene rings is 3. The first kappa shape index (κ1) is 20.9. The maximum atomic E-state index is 12.5. The zero-order valence-electron chi connectivity index (χ0n) is 17.1. The van der Waals surface area contributed by atoms with Gasteiger partial charge in [-0.1, -0.05) is 47.5 Å². The van der Waals surface area contributed by atoms with E-state index in [-0.39, 0.29) is 11.5 Å². The number of hydrogen-bond acceptors (Lipinski definition) is 4. The van der Waals surface area contributed by atoms with Gasteiger partial charge >= 0.3 is 0 Å². The lowest BCUT2D eigenvalue weighted by Crippen LogP contribution is -2.23. The first-order chi connectivity index (χ1) is 14.2. The van der Waals surface area contributed by atoms with Crippen molar-refractivity contribution in [3.63, 3.8) is 0 Å². The molecule has 0 amide bonds. The summed E-state index contributed by atoms with van der Waals surface area (Å²) in [5.41, 5.74) is 6.22. The van der Waals surface area contributed by atoms with Crippen LogP contribution < -0.4 is 4.74 Å². The van der Waals surface area contributed by atoms with Crippen molar-refractivity contribution in [3.05, 3.63) is 81.9 Å². The Bertz CT molecular complexity index is 1180. The number of aryl methyl sites for hydroxylation is 3. The standard InChI is InChI=1S/C24H23ClO4S/c1-15-7-9-21(10-8-15)30(26,27)28-14-20-12-18-11-19(25)13-22(24(18)29-20)23-16(2)5-4-6-17(23)3/h4-11,13,20H,12,14H2,1-3H3. The molecule has 0 saturated carbocycles. The smallest absolute Gasteiger partial charge is 0.297 e. The van der Waals surface area contributed by atoms with Crippen LogP contribution in [0.4, 0.5) is 0 Å². The summed E-state index contributed by atoms with van der Waals surface area (Å²) in [7, 11) is -3.84. The Balaban J connectivity index is 1.57. The second-order valence-corrected chi connectivity index (χ2v) is 9.76. The largest absolute Gasteiger partial charge is 0.487 e. The van der Waals surface area contributed by atoms with Crippen LogP contribution in [0.2, 0.25) is 5.02 Å². The lowest BCUT2D eigenvalue weighted by Gasteiger charge is -2.16. The third-order valence-corrected chi connectivity index (χ3v) is 6.85. The van der Waals surface area contributed by atoms with Gasteiger partial charge in [0.1, 0.15) is 18.5 Å². The van der Waals surface area contributed by atoms with E-state index in [0.717, 1.165) is 39.1 Å². The molecule has 0 saturated heterocycles. The van der Waals surface area contributed by atoms with Crippen LogP contribution in [0.3, 0.4) is 0 Å². The molecule has 0 N–H and O–H groups in total. The molecule has 3 aromatic rings. The van der Waals surface area contributed by atoms with E-state index in [9.17, 15) is 8.42 Å². The number of hydrogen-bond donors (Lipinski definition) is 0. The molecule has 156 valence electrons. The van der Waals surface area contributed by atoms with Crippen molar-refractivity contribution in [1.82, 2.24) is 0 Å². The summed E-state index contributed by atoms with van der Waals surface area (Å²) >= 11 is 6.39. The van der Waals surface area contributed by atoms with Crippen molar-refractivity contribution in [2.75, 3.05) is 6.61 Å². The van der Waals surface area contributed by atoms with Crippen LogP contribution in [-0.2, 0) is 20.7 Å². The number of fused-ring (bicyclic) bond motifs is 1. The fourth-order valence-electron chi connectivity index (χ4n) is 3.85. The van der Waals surface area contributed by atoms with E-state index in [1.54, 1.807) is 24.3 Å². The van der Waals surface area contributed by atoms with Gasteiger partial charge in [0.2, 0.25) is 0 Å². The molecule has 0 aliphatic carbocycles. The van der Waals surface area contributed by atoms with E-state index in [2.05, 4.69) is 26.0 Å². The molecule has 1 aliphatic rings. The van der Waals surface area contributed by atoms with E-state index < -0.39 is 16.2 Å². The summed E-state index contributed by atoms with van der Waals surface area (Å²) in [4.78, 5) is 0.142. The minimum atomic E-state index is -3.84. The Kier molecular flexibility index (Phi) is 5.62. The Morgan fingerprint density at radius 3 is 2.37 bits per heavy atom. The van der Waals surface area contributed by atoms with Crippen molar-refractivity contribution in [1.29, 1.82) is 0 Å². The summed E-state index contributed by atoms with van der Waals surface area (Å²) in [6.07, 6.45) is 0.138. The SMILES string of the molecule is Cc1ccc(S(=O)(=O)OCC2Cc3cc(Cl)cc(-c4c(C)cccc4C)c3O2)cc1. The van der Waals surface area contributed by atoms with E-state index in [0.29, 0.717) is 11.4 Å². The van der Waals surface area contributed by atoms with Gasteiger partial charge in [0.25, 0.3) is 10.1 Å². The Morgan fingerprint density at radius 2 is 1.70 bits per heavy atom. The number of rotatable bonds is 5. The summed E-state index contributed by atoms with van der Waals surface area (Å²) in [6.45, 7) is 5.95. The lowest BCUT2D eigenvalue weighted by atomic mass is 9.93. The van der Waals surface area contributed by atoms with Crippen LogP contribution >= 0.6 is 11.6 Å². The van der Waals surface area contributed by atoms with Gasteiger partial charge in [-0.25, -0.2) is 0 Å². The molecule has 0 bridgehead atoms. The third kappa shape index (κ3) is 4.10. The van der Waals surface area contributed by atoms with E-state index in [1.807, 2.05) is 25.1 Å². The minimum Gasteiger partial charge on any atom is -0.487 e. The Hall–Kier alpha value is -2.34. The fourth-order valence-corrected chi connectivity index (χ4v) is 5.03. The van der Waals surface area contributed by atoms with Gasteiger partial charge in [-0.3, -0.25) is 4.18 Å². The van der Waals surface area contributed by atoms with Gasteiger partial charge in [0.05, 0.1) is 4.90 Å². The average Bonchev–Trinajstić information content (AvgIpc) is 3.09. The molecular weight excluding hydrogens is 420 g/mol. The number of ether oxygens (including phenoxy) is 1. The molecule has 4 nitrogen and oxygen atoms in total.